The molecule has 20 heavy (non-hydrogen) atoms. The Morgan fingerprint density at radius 1 is 1.15 bits per heavy atom. The largest absolute Gasteiger partial charge is 0.485 e. The highest BCUT2D eigenvalue weighted by molar-refractivity contribution is 5.24. The van der Waals surface area contributed by atoms with Crippen LogP contribution in [0.5, 0.6) is 5.75 Å². The predicted octanol–water partition coefficient (Wildman–Crippen LogP) is 3.64. The lowest BCUT2D eigenvalue weighted by molar-refractivity contribution is 0.268. The van der Waals surface area contributed by atoms with Gasteiger partial charge in [-0.25, -0.2) is 8.78 Å². The summed E-state index contributed by atoms with van der Waals surface area (Å²) >= 11 is 0. The van der Waals surface area contributed by atoms with Crippen molar-refractivity contribution < 1.29 is 17.9 Å². The van der Waals surface area contributed by atoms with E-state index in [0.29, 0.717) is 5.76 Å². The molecule has 0 atom stereocenters. The zero-order valence-electron chi connectivity index (χ0n) is 11.3. The van der Waals surface area contributed by atoms with E-state index in [9.17, 15) is 8.78 Å². The standard InChI is InChI=1S/C15H17F2NO2/c1-2-3-18-8-11-4-15(19-9-11)10-20-14-6-12(16)5-13(17)7-14/h4-7,9,18H,2-3,8,10H2,1H3. The lowest BCUT2D eigenvalue weighted by Gasteiger charge is -2.04. The normalized spacial score (nSPS) is 10.8. The van der Waals surface area contributed by atoms with Gasteiger partial charge in [0.2, 0.25) is 0 Å². The van der Waals surface area contributed by atoms with Gasteiger partial charge in [-0.2, -0.15) is 0 Å². The van der Waals surface area contributed by atoms with Crippen molar-refractivity contribution in [2.24, 2.45) is 0 Å². The Morgan fingerprint density at radius 3 is 2.60 bits per heavy atom. The van der Waals surface area contributed by atoms with Crippen molar-refractivity contribution in [1.82, 2.24) is 5.32 Å². The first kappa shape index (κ1) is 14.5. The van der Waals surface area contributed by atoms with Crippen LogP contribution < -0.4 is 10.1 Å². The predicted molar refractivity (Wildman–Crippen MR) is 71.4 cm³/mol. The fourth-order valence-corrected chi connectivity index (χ4v) is 1.77. The highest BCUT2D eigenvalue weighted by Crippen LogP contribution is 2.17. The average molecular weight is 281 g/mol. The molecule has 2 aromatic rings. The minimum Gasteiger partial charge on any atom is -0.485 e. The molecule has 0 saturated heterocycles. The zero-order chi connectivity index (χ0) is 14.4. The van der Waals surface area contributed by atoms with Crippen LogP contribution in [0.15, 0.2) is 34.9 Å². The van der Waals surface area contributed by atoms with Crippen LogP contribution in [0.3, 0.4) is 0 Å². The van der Waals surface area contributed by atoms with Crippen molar-refractivity contribution in [2.45, 2.75) is 26.5 Å². The lowest BCUT2D eigenvalue weighted by Crippen LogP contribution is -2.13. The molecule has 0 unspecified atom stereocenters. The van der Waals surface area contributed by atoms with Crippen molar-refractivity contribution in [1.29, 1.82) is 0 Å². The number of halogens is 2. The molecular weight excluding hydrogens is 264 g/mol. The Balaban J connectivity index is 1.87. The summed E-state index contributed by atoms with van der Waals surface area (Å²) in [4.78, 5) is 0. The summed E-state index contributed by atoms with van der Waals surface area (Å²) in [7, 11) is 0. The van der Waals surface area contributed by atoms with Gasteiger partial charge in [-0.3, -0.25) is 0 Å². The molecule has 3 nitrogen and oxygen atoms in total. The Kier molecular flexibility index (Phi) is 5.12. The van der Waals surface area contributed by atoms with E-state index in [4.69, 9.17) is 9.15 Å². The van der Waals surface area contributed by atoms with Gasteiger partial charge in [-0.15, -0.1) is 0 Å². The van der Waals surface area contributed by atoms with Crippen molar-refractivity contribution in [3.63, 3.8) is 0 Å². The smallest absolute Gasteiger partial charge is 0.146 e. The van der Waals surface area contributed by atoms with Crippen LogP contribution in [0.2, 0.25) is 0 Å². The Labute approximate surface area is 116 Å². The zero-order valence-corrected chi connectivity index (χ0v) is 11.3. The van der Waals surface area contributed by atoms with Gasteiger partial charge in [0.1, 0.15) is 29.8 Å². The highest BCUT2D eigenvalue weighted by Gasteiger charge is 2.05. The number of hydrogen-bond acceptors (Lipinski definition) is 3. The highest BCUT2D eigenvalue weighted by atomic mass is 19.1. The second kappa shape index (κ2) is 7.05. The van der Waals surface area contributed by atoms with Crippen LogP contribution in [0.25, 0.3) is 0 Å². The van der Waals surface area contributed by atoms with Gasteiger partial charge in [-0.1, -0.05) is 6.92 Å². The van der Waals surface area contributed by atoms with E-state index >= 15 is 0 Å². The first-order valence-corrected chi connectivity index (χ1v) is 6.53. The molecule has 0 aliphatic heterocycles. The van der Waals surface area contributed by atoms with E-state index in [2.05, 4.69) is 12.2 Å². The van der Waals surface area contributed by atoms with E-state index in [1.165, 1.54) is 0 Å². The van der Waals surface area contributed by atoms with E-state index in [-0.39, 0.29) is 12.4 Å². The fraction of sp³-hybridized carbons (Fsp3) is 0.333. The third-order valence-corrected chi connectivity index (χ3v) is 2.68. The Hall–Kier alpha value is -1.88. The maximum Gasteiger partial charge on any atom is 0.146 e. The van der Waals surface area contributed by atoms with Gasteiger partial charge in [0.15, 0.2) is 0 Å². The van der Waals surface area contributed by atoms with Crippen LogP contribution in [0, 0.1) is 11.6 Å². The summed E-state index contributed by atoms with van der Waals surface area (Å²) in [6.07, 6.45) is 2.71. The molecule has 0 fully saturated rings. The van der Waals surface area contributed by atoms with Gasteiger partial charge in [0.05, 0.1) is 6.26 Å². The second-order valence-corrected chi connectivity index (χ2v) is 4.49. The molecule has 0 amide bonds. The van der Waals surface area contributed by atoms with Gasteiger partial charge < -0.3 is 14.5 Å². The first-order chi connectivity index (χ1) is 9.67. The molecule has 108 valence electrons. The number of furan rings is 1. The molecule has 2 rings (SSSR count). The summed E-state index contributed by atoms with van der Waals surface area (Å²) in [5.41, 5.74) is 1.02. The average Bonchev–Trinajstić information content (AvgIpc) is 2.84. The van der Waals surface area contributed by atoms with Crippen molar-refractivity contribution in [3.05, 3.63) is 53.5 Å². The second-order valence-electron chi connectivity index (χ2n) is 4.49. The van der Waals surface area contributed by atoms with E-state index in [1.807, 2.05) is 6.07 Å². The van der Waals surface area contributed by atoms with Crippen molar-refractivity contribution >= 4 is 0 Å². The third kappa shape index (κ3) is 4.35. The lowest BCUT2D eigenvalue weighted by atomic mass is 10.3. The van der Waals surface area contributed by atoms with Gasteiger partial charge in [-0.05, 0) is 19.0 Å². The number of hydrogen-bond donors (Lipinski definition) is 1. The molecule has 0 aliphatic carbocycles. The van der Waals surface area contributed by atoms with Crippen molar-refractivity contribution in [3.8, 4) is 5.75 Å². The molecule has 1 heterocycles. The summed E-state index contributed by atoms with van der Waals surface area (Å²) < 4.78 is 36.6. The fourth-order valence-electron chi connectivity index (χ4n) is 1.77. The van der Waals surface area contributed by atoms with Gasteiger partial charge in [0, 0.05) is 30.3 Å². The van der Waals surface area contributed by atoms with Crippen LogP contribution >= 0.6 is 0 Å². The Morgan fingerprint density at radius 2 is 1.90 bits per heavy atom. The molecule has 1 aromatic carbocycles. The first-order valence-electron chi connectivity index (χ1n) is 6.53. The summed E-state index contributed by atoms with van der Waals surface area (Å²) in [6.45, 7) is 3.90. The van der Waals surface area contributed by atoms with Crippen LogP contribution in [-0.4, -0.2) is 6.54 Å². The minimum absolute atomic E-state index is 0.136. The molecule has 0 radical (unpaired) electrons. The molecule has 0 spiro atoms. The maximum absolute atomic E-state index is 13.0. The van der Waals surface area contributed by atoms with Crippen LogP contribution in [0.1, 0.15) is 24.7 Å². The molecule has 0 bridgehead atoms. The van der Waals surface area contributed by atoms with Crippen LogP contribution in [-0.2, 0) is 13.2 Å². The van der Waals surface area contributed by atoms with E-state index < -0.39 is 11.6 Å². The van der Waals surface area contributed by atoms with Crippen LogP contribution in [0.4, 0.5) is 8.78 Å². The van der Waals surface area contributed by atoms with E-state index in [1.54, 1.807) is 6.26 Å². The topological polar surface area (TPSA) is 34.4 Å². The quantitative estimate of drug-likeness (QED) is 0.787. The number of benzene rings is 1. The maximum atomic E-state index is 13.0. The number of nitrogens with one attached hydrogen (secondary N) is 1. The third-order valence-electron chi connectivity index (χ3n) is 2.68. The molecular formula is C15H17F2NO2. The van der Waals surface area contributed by atoms with E-state index in [0.717, 1.165) is 43.3 Å². The summed E-state index contributed by atoms with van der Waals surface area (Å²) in [6, 6.07) is 4.93. The summed E-state index contributed by atoms with van der Waals surface area (Å²) in [5, 5.41) is 3.25. The minimum atomic E-state index is -0.663. The molecule has 0 aliphatic rings. The SMILES string of the molecule is CCCNCc1coc(COc2cc(F)cc(F)c2)c1. The molecule has 5 heteroatoms. The molecule has 1 aromatic heterocycles. The van der Waals surface area contributed by atoms with Crippen molar-refractivity contribution in [2.75, 3.05) is 6.54 Å². The van der Waals surface area contributed by atoms with Gasteiger partial charge >= 0.3 is 0 Å². The molecule has 0 saturated carbocycles. The summed E-state index contributed by atoms with van der Waals surface area (Å²) in [5.74, 6) is -0.569. The number of ether oxygens (including phenoxy) is 1. The monoisotopic (exact) mass is 281 g/mol. The number of rotatable bonds is 7. The van der Waals surface area contributed by atoms with Gasteiger partial charge in [0.25, 0.3) is 0 Å². The Bertz CT molecular complexity index is 534. The molecule has 1 N–H and O–H groups in total.